The second kappa shape index (κ2) is 6.57. The number of hydrogen-bond donors (Lipinski definition) is 0. The van der Waals surface area contributed by atoms with E-state index in [0.29, 0.717) is 28.8 Å². The number of hydroxylamine groups is 2. The van der Waals surface area contributed by atoms with Crippen molar-refractivity contribution in [3.63, 3.8) is 0 Å². The van der Waals surface area contributed by atoms with E-state index in [2.05, 4.69) is 0 Å². The fourth-order valence-corrected chi connectivity index (χ4v) is 2.34. The zero-order valence-electron chi connectivity index (χ0n) is 10.6. The molecule has 6 heteroatoms. The van der Waals surface area contributed by atoms with Crippen molar-refractivity contribution in [3.8, 4) is 0 Å². The van der Waals surface area contributed by atoms with Gasteiger partial charge < -0.3 is 4.74 Å². The van der Waals surface area contributed by atoms with Crippen LogP contribution in [0.25, 0.3) is 0 Å². The Kier molecular flexibility index (Phi) is 5.05. The smallest absolute Gasteiger partial charge is 0.330 e. The Bertz CT molecular complexity index is 461. The Morgan fingerprint density at radius 1 is 1.37 bits per heavy atom. The molecule has 0 bridgehead atoms. The van der Waals surface area contributed by atoms with Gasteiger partial charge in [0.15, 0.2) is 6.04 Å². The van der Waals surface area contributed by atoms with E-state index in [1.54, 1.807) is 23.3 Å². The van der Waals surface area contributed by atoms with E-state index in [1.807, 2.05) is 0 Å². The molecule has 1 fully saturated rings. The quantitative estimate of drug-likeness (QED) is 0.804. The molecule has 1 aliphatic rings. The van der Waals surface area contributed by atoms with Crippen LogP contribution in [0, 0.1) is 0 Å². The van der Waals surface area contributed by atoms with Crippen molar-refractivity contribution in [1.29, 1.82) is 0 Å². The Morgan fingerprint density at radius 2 is 2.16 bits per heavy atom. The second-order valence-corrected chi connectivity index (χ2v) is 5.09. The van der Waals surface area contributed by atoms with Crippen molar-refractivity contribution >= 4 is 29.2 Å². The van der Waals surface area contributed by atoms with E-state index in [-0.39, 0.29) is 5.97 Å². The zero-order valence-corrected chi connectivity index (χ0v) is 12.1. The number of carbonyl (C=O) groups excluding carboxylic acids is 1. The highest BCUT2D eigenvalue weighted by molar-refractivity contribution is 6.42. The van der Waals surface area contributed by atoms with Gasteiger partial charge in [0.25, 0.3) is 0 Å². The predicted molar refractivity (Wildman–Crippen MR) is 73.1 cm³/mol. The van der Waals surface area contributed by atoms with Crippen LogP contribution in [0.4, 0.5) is 0 Å². The Balaban J connectivity index is 2.30. The molecule has 1 heterocycles. The molecule has 1 atom stereocenters. The number of methoxy groups -OCH3 is 1. The first-order valence-electron chi connectivity index (χ1n) is 6.06. The average Bonchev–Trinajstić information content (AvgIpc) is 2.44. The molecule has 0 aliphatic carbocycles. The molecule has 1 aliphatic heterocycles. The van der Waals surface area contributed by atoms with Crippen LogP contribution in [0.1, 0.15) is 24.4 Å². The summed E-state index contributed by atoms with van der Waals surface area (Å²) in [6.45, 7) is 1.29. The maximum absolute atomic E-state index is 12.0. The Morgan fingerprint density at radius 3 is 2.74 bits per heavy atom. The first-order chi connectivity index (χ1) is 9.13. The third kappa shape index (κ3) is 3.39. The Labute approximate surface area is 122 Å². The summed E-state index contributed by atoms with van der Waals surface area (Å²) >= 11 is 11.9. The molecule has 104 valence electrons. The molecule has 1 unspecified atom stereocenters. The van der Waals surface area contributed by atoms with Gasteiger partial charge in [-0.05, 0) is 30.5 Å². The normalized spacial score (nSPS) is 18.1. The minimum atomic E-state index is -0.611. The maximum atomic E-state index is 12.0. The summed E-state index contributed by atoms with van der Waals surface area (Å²) in [6.07, 6.45) is 1.97. The maximum Gasteiger partial charge on any atom is 0.330 e. The molecule has 1 saturated heterocycles. The molecule has 0 N–H and O–H groups in total. The molecule has 0 radical (unpaired) electrons. The highest BCUT2D eigenvalue weighted by Gasteiger charge is 2.31. The van der Waals surface area contributed by atoms with Gasteiger partial charge in [0, 0.05) is 6.54 Å². The van der Waals surface area contributed by atoms with Crippen LogP contribution in [-0.4, -0.2) is 31.3 Å². The van der Waals surface area contributed by atoms with Crippen LogP contribution in [0.2, 0.25) is 10.0 Å². The molecule has 4 nitrogen and oxygen atoms in total. The zero-order chi connectivity index (χ0) is 13.8. The molecule has 19 heavy (non-hydrogen) atoms. The number of carbonyl (C=O) groups is 1. The van der Waals surface area contributed by atoms with Crippen LogP contribution in [-0.2, 0) is 14.4 Å². The minimum Gasteiger partial charge on any atom is -0.468 e. The van der Waals surface area contributed by atoms with Crippen molar-refractivity contribution in [2.75, 3.05) is 20.3 Å². The summed E-state index contributed by atoms with van der Waals surface area (Å²) < 4.78 is 4.85. The molecule has 0 saturated carbocycles. The number of esters is 1. The van der Waals surface area contributed by atoms with Gasteiger partial charge in [-0.3, -0.25) is 4.84 Å². The summed E-state index contributed by atoms with van der Waals surface area (Å²) in [7, 11) is 1.36. The summed E-state index contributed by atoms with van der Waals surface area (Å²) in [5.41, 5.74) is 0.711. The first-order valence-corrected chi connectivity index (χ1v) is 6.81. The molecule has 0 aromatic heterocycles. The third-order valence-corrected chi connectivity index (χ3v) is 3.74. The number of ether oxygens (including phenoxy) is 1. The minimum absolute atomic E-state index is 0.375. The fraction of sp³-hybridized carbons (Fsp3) is 0.462. The highest BCUT2D eigenvalue weighted by Crippen LogP contribution is 2.30. The largest absolute Gasteiger partial charge is 0.468 e. The van der Waals surface area contributed by atoms with Crippen molar-refractivity contribution in [1.82, 2.24) is 5.06 Å². The van der Waals surface area contributed by atoms with Gasteiger partial charge in [0.05, 0.1) is 23.8 Å². The molecular weight excluding hydrogens is 289 g/mol. The van der Waals surface area contributed by atoms with Gasteiger partial charge in [-0.25, -0.2) is 4.79 Å². The van der Waals surface area contributed by atoms with E-state index >= 15 is 0 Å². The molecular formula is C13H15Cl2NO3. The van der Waals surface area contributed by atoms with E-state index < -0.39 is 6.04 Å². The van der Waals surface area contributed by atoms with Crippen molar-refractivity contribution < 1.29 is 14.4 Å². The van der Waals surface area contributed by atoms with Crippen molar-refractivity contribution in [2.45, 2.75) is 18.9 Å². The van der Waals surface area contributed by atoms with E-state index in [9.17, 15) is 4.79 Å². The van der Waals surface area contributed by atoms with Gasteiger partial charge in [0.1, 0.15) is 0 Å². The predicted octanol–water partition coefficient (Wildman–Crippen LogP) is 3.23. The number of nitrogens with zero attached hydrogens (tertiary/aromatic N) is 1. The lowest BCUT2D eigenvalue weighted by Crippen LogP contribution is -2.38. The summed E-state index contributed by atoms with van der Waals surface area (Å²) in [5.74, 6) is -0.375. The fourth-order valence-electron chi connectivity index (χ4n) is 2.03. The molecule has 1 aromatic carbocycles. The van der Waals surface area contributed by atoms with E-state index in [4.69, 9.17) is 32.8 Å². The number of halogens is 2. The van der Waals surface area contributed by atoms with Gasteiger partial charge in [-0.2, -0.15) is 5.06 Å². The lowest BCUT2D eigenvalue weighted by atomic mass is 10.1. The van der Waals surface area contributed by atoms with Crippen LogP contribution in [0.5, 0.6) is 0 Å². The van der Waals surface area contributed by atoms with Crippen molar-refractivity contribution in [3.05, 3.63) is 33.8 Å². The monoisotopic (exact) mass is 303 g/mol. The van der Waals surface area contributed by atoms with Gasteiger partial charge >= 0.3 is 5.97 Å². The highest BCUT2D eigenvalue weighted by atomic mass is 35.5. The van der Waals surface area contributed by atoms with Crippen LogP contribution < -0.4 is 0 Å². The Hall–Kier alpha value is -0.810. The lowest BCUT2D eigenvalue weighted by molar-refractivity contribution is -0.216. The van der Waals surface area contributed by atoms with E-state index in [1.165, 1.54) is 7.11 Å². The topological polar surface area (TPSA) is 38.8 Å². The molecule has 2 rings (SSSR count). The van der Waals surface area contributed by atoms with Crippen molar-refractivity contribution in [2.24, 2.45) is 0 Å². The number of hydrogen-bond acceptors (Lipinski definition) is 4. The van der Waals surface area contributed by atoms with Crippen LogP contribution in [0.3, 0.4) is 0 Å². The average molecular weight is 304 g/mol. The van der Waals surface area contributed by atoms with Gasteiger partial charge in [0.2, 0.25) is 0 Å². The number of benzene rings is 1. The van der Waals surface area contributed by atoms with Gasteiger partial charge in [-0.15, -0.1) is 0 Å². The van der Waals surface area contributed by atoms with E-state index in [0.717, 1.165) is 12.8 Å². The molecule has 0 amide bonds. The SMILES string of the molecule is COC(=O)C(c1ccc(Cl)c(Cl)c1)N1CCCCO1. The first kappa shape index (κ1) is 14.6. The molecule has 0 spiro atoms. The summed E-state index contributed by atoms with van der Waals surface area (Å²) in [6, 6.07) is 4.48. The number of rotatable bonds is 3. The summed E-state index contributed by atoms with van der Waals surface area (Å²) in [5, 5.41) is 2.51. The lowest BCUT2D eigenvalue weighted by Gasteiger charge is -2.32. The third-order valence-electron chi connectivity index (χ3n) is 3.00. The standard InChI is InChI=1S/C13H15Cl2NO3/c1-18-13(17)12(16-6-2-3-7-19-16)9-4-5-10(14)11(15)8-9/h4-5,8,12H,2-3,6-7H2,1H3. The summed E-state index contributed by atoms with van der Waals surface area (Å²) in [4.78, 5) is 17.5. The van der Waals surface area contributed by atoms with Crippen LogP contribution in [0.15, 0.2) is 18.2 Å². The molecule has 1 aromatic rings. The van der Waals surface area contributed by atoms with Crippen LogP contribution >= 0.6 is 23.2 Å². The second-order valence-electron chi connectivity index (χ2n) is 4.28. The van der Waals surface area contributed by atoms with Gasteiger partial charge in [-0.1, -0.05) is 29.3 Å².